The highest BCUT2D eigenvalue weighted by Crippen LogP contribution is 2.29. The van der Waals surface area contributed by atoms with Crippen molar-refractivity contribution in [3.8, 4) is 11.5 Å². The fourth-order valence-electron chi connectivity index (χ4n) is 3.56. The van der Waals surface area contributed by atoms with E-state index in [1.807, 2.05) is 53.4 Å². The first-order valence-electron chi connectivity index (χ1n) is 10.5. The van der Waals surface area contributed by atoms with Crippen LogP contribution in [0.3, 0.4) is 0 Å². The second-order valence-electron chi connectivity index (χ2n) is 7.79. The van der Waals surface area contributed by atoms with E-state index in [1.165, 1.54) is 0 Å². The zero-order chi connectivity index (χ0) is 22.2. The molecule has 1 aliphatic rings. The van der Waals surface area contributed by atoms with E-state index in [0.717, 1.165) is 24.2 Å². The molecule has 166 valence electrons. The van der Waals surface area contributed by atoms with Gasteiger partial charge in [0.1, 0.15) is 6.61 Å². The molecule has 0 bridgehead atoms. The lowest BCUT2D eigenvalue weighted by Gasteiger charge is -2.34. The second kappa shape index (κ2) is 10.8. The van der Waals surface area contributed by atoms with Crippen molar-refractivity contribution in [2.75, 3.05) is 46.9 Å². The number of ether oxygens (including phenoxy) is 2. The largest absolute Gasteiger partial charge is 0.493 e. The minimum absolute atomic E-state index is 0.0552. The molecule has 2 aromatic carbocycles. The molecule has 2 amide bonds. The van der Waals surface area contributed by atoms with Gasteiger partial charge in [-0.2, -0.15) is 0 Å². The fourth-order valence-corrected chi connectivity index (χ4v) is 3.56. The third-order valence-electron chi connectivity index (χ3n) is 5.49. The van der Waals surface area contributed by atoms with E-state index in [9.17, 15) is 9.59 Å². The van der Waals surface area contributed by atoms with Gasteiger partial charge in [-0.15, -0.1) is 0 Å². The van der Waals surface area contributed by atoms with Crippen LogP contribution in [0.1, 0.15) is 18.1 Å². The van der Waals surface area contributed by atoms with E-state index in [2.05, 4.69) is 4.90 Å². The molecule has 0 aliphatic carbocycles. The molecule has 3 rings (SSSR count). The van der Waals surface area contributed by atoms with Crippen molar-refractivity contribution in [2.45, 2.75) is 20.1 Å². The number of carbonyl (C=O) groups excluding carboxylic acids is 2. The van der Waals surface area contributed by atoms with Crippen molar-refractivity contribution in [3.63, 3.8) is 0 Å². The van der Waals surface area contributed by atoms with Crippen molar-refractivity contribution in [3.05, 3.63) is 59.7 Å². The third-order valence-corrected chi connectivity index (χ3v) is 5.49. The van der Waals surface area contributed by atoms with Crippen LogP contribution in [-0.4, -0.2) is 73.4 Å². The summed E-state index contributed by atoms with van der Waals surface area (Å²) >= 11 is 0. The minimum atomic E-state index is 0.0552. The van der Waals surface area contributed by atoms with Crippen molar-refractivity contribution >= 4 is 11.8 Å². The Kier molecular flexibility index (Phi) is 7.89. The lowest BCUT2D eigenvalue weighted by Crippen LogP contribution is -2.50. The summed E-state index contributed by atoms with van der Waals surface area (Å²) in [5.41, 5.74) is 2.06. The van der Waals surface area contributed by atoms with Crippen molar-refractivity contribution in [1.82, 2.24) is 14.7 Å². The Morgan fingerprint density at radius 2 is 1.68 bits per heavy atom. The Labute approximate surface area is 184 Å². The van der Waals surface area contributed by atoms with Crippen molar-refractivity contribution in [2.24, 2.45) is 0 Å². The van der Waals surface area contributed by atoms with Crippen LogP contribution in [0.5, 0.6) is 11.5 Å². The maximum atomic E-state index is 12.7. The molecule has 0 aromatic heterocycles. The summed E-state index contributed by atoms with van der Waals surface area (Å²) in [6.45, 7) is 5.69. The number of methoxy groups -OCH3 is 1. The molecule has 7 nitrogen and oxygen atoms in total. The summed E-state index contributed by atoms with van der Waals surface area (Å²) in [6.07, 6.45) is 0. The van der Waals surface area contributed by atoms with Crippen LogP contribution in [0, 0.1) is 0 Å². The van der Waals surface area contributed by atoms with Crippen LogP contribution in [0.4, 0.5) is 0 Å². The average molecular weight is 426 g/mol. The van der Waals surface area contributed by atoms with Crippen LogP contribution in [0.25, 0.3) is 0 Å². The Morgan fingerprint density at radius 1 is 0.968 bits per heavy atom. The lowest BCUT2D eigenvalue weighted by atomic mass is 10.2. The number of amides is 2. The van der Waals surface area contributed by atoms with Gasteiger partial charge in [0.05, 0.1) is 13.7 Å². The van der Waals surface area contributed by atoms with Crippen LogP contribution in [-0.2, 0) is 22.7 Å². The standard InChI is InChI=1S/C24H31N3O4/c1-19(28)27-13-11-26(12-14-27)17-24(29)25(2)16-21-9-10-22(23(15-21)30-3)31-18-20-7-5-4-6-8-20/h4-10,15H,11-14,16-18H2,1-3H3. The van der Waals surface area contributed by atoms with Gasteiger partial charge in [0.25, 0.3) is 0 Å². The van der Waals surface area contributed by atoms with Gasteiger partial charge in [-0.3, -0.25) is 14.5 Å². The molecule has 7 heteroatoms. The predicted molar refractivity (Wildman–Crippen MR) is 119 cm³/mol. The van der Waals surface area contributed by atoms with Gasteiger partial charge in [0.15, 0.2) is 11.5 Å². The lowest BCUT2D eigenvalue weighted by molar-refractivity contribution is -0.133. The van der Waals surface area contributed by atoms with Crippen molar-refractivity contribution < 1.29 is 19.1 Å². The molecular weight excluding hydrogens is 394 g/mol. The molecule has 0 radical (unpaired) electrons. The van der Waals surface area contributed by atoms with Crippen LogP contribution < -0.4 is 9.47 Å². The quantitative estimate of drug-likeness (QED) is 0.650. The first kappa shape index (κ1) is 22.6. The molecule has 0 saturated carbocycles. The van der Waals surface area contributed by atoms with E-state index < -0.39 is 0 Å². The maximum Gasteiger partial charge on any atom is 0.236 e. The molecule has 31 heavy (non-hydrogen) atoms. The van der Waals surface area contributed by atoms with Crippen molar-refractivity contribution in [1.29, 1.82) is 0 Å². The second-order valence-corrected chi connectivity index (χ2v) is 7.79. The van der Waals surface area contributed by atoms with Gasteiger partial charge in [-0.25, -0.2) is 0 Å². The number of carbonyl (C=O) groups is 2. The molecule has 0 atom stereocenters. The first-order chi connectivity index (χ1) is 15.0. The molecule has 0 spiro atoms. The van der Waals surface area contributed by atoms with Gasteiger partial charge in [0, 0.05) is 46.7 Å². The smallest absolute Gasteiger partial charge is 0.236 e. The van der Waals surface area contributed by atoms with Gasteiger partial charge < -0.3 is 19.3 Å². The number of likely N-dealkylation sites (N-methyl/N-ethyl adjacent to an activating group) is 1. The highest BCUT2D eigenvalue weighted by atomic mass is 16.5. The first-order valence-corrected chi connectivity index (χ1v) is 10.5. The van der Waals surface area contributed by atoms with E-state index in [0.29, 0.717) is 44.3 Å². The Balaban J connectivity index is 1.52. The van der Waals surface area contributed by atoms with Gasteiger partial charge in [-0.1, -0.05) is 36.4 Å². The van der Waals surface area contributed by atoms with Crippen LogP contribution in [0.2, 0.25) is 0 Å². The molecule has 2 aromatic rings. The highest BCUT2D eigenvalue weighted by Gasteiger charge is 2.21. The van der Waals surface area contributed by atoms with E-state index >= 15 is 0 Å². The number of benzene rings is 2. The molecule has 1 heterocycles. The predicted octanol–water partition coefficient (Wildman–Crippen LogP) is 2.40. The molecule has 1 fully saturated rings. The van der Waals surface area contributed by atoms with E-state index in [-0.39, 0.29) is 11.8 Å². The summed E-state index contributed by atoms with van der Waals surface area (Å²) in [6, 6.07) is 15.7. The number of rotatable bonds is 8. The zero-order valence-corrected chi connectivity index (χ0v) is 18.5. The van der Waals surface area contributed by atoms with E-state index in [1.54, 1.807) is 26.0 Å². The topological polar surface area (TPSA) is 62.3 Å². The minimum Gasteiger partial charge on any atom is -0.493 e. The molecule has 1 aliphatic heterocycles. The summed E-state index contributed by atoms with van der Waals surface area (Å²) in [5.74, 6) is 1.47. The van der Waals surface area contributed by atoms with Crippen LogP contribution >= 0.6 is 0 Å². The Morgan fingerprint density at radius 3 is 2.32 bits per heavy atom. The molecular formula is C24H31N3O4. The van der Waals surface area contributed by atoms with E-state index in [4.69, 9.17) is 9.47 Å². The summed E-state index contributed by atoms with van der Waals surface area (Å²) in [4.78, 5) is 29.7. The summed E-state index contributed by atoms with van der Waals surface area (Å²) in [5, 5.41) is 0. The number of hydrogen-bond acceptors (Lipinski definition) is 5. The fraction of sp³-hybridized carbons (Fsp3) is 0.417. The molecule has 0 N–H and O–H groups in total. The van der Waals surface area contributed by atoms with Crippen LogP contribution in [0.15, 0.2) is 48.5 Å². The number of piperazine rings is 1. The maximum absolute atomic E-state index is 12.7. The highest BCUT2D eigenvalue weighted by molar-refractivity contribution is 5.78. The summed E-state index contributed by atoms with van der Waals surface area (Å²) < 4.78 is 11.4. The number of nitrogens with zero attached hydrogens (tertiary/aromatic N) is 3. The SMILES string of the molecule is COc1cc(CN(C)C(=O)CN2CCN(C(C)=O)CC2)ccc1OCc1ccccc1. The molecule has 0 unspecified atom stereocenters. The third kappa shape index (κ3) is 6.46. The zero-order valence-electron chi connectivity index (χ0n) is 18.5. The normalized spacial score (nSPS) is 14.2. The number of hydrogen-bond donors (Lipinski definition) is 0. The van der Waals surface area contributed by atoms with Gasteiger partial charge in [-0.05, 0) is 23.3 Å². The van der Waals surface area contributed by atoms with Gasteiger partial charge in [0.2, 0.25) is 11.8 Å². The molecule has 1 saturated heterocycles. The summed E-state index contributed by atoms with van der Waals surface area (Å²) in [7, 11) is 3.42. The average Bonchev–Trinajstić information content (AvgIpc) is 2.79. The monoisotopic (exact) mass is 425 g/mol. The Bertz CT molecular complexity index is 880. The Hall–Kier alpha value is -3.06. The van der Waals surface area contributed by atoms with Gasteiger partial charge >= 0.3 is 0 Å².